The zero-order valence-corrected chi connectivity index (χ0v) is 17.6. The van der Waals surface area contributed by atoms with Gasteiger partial charge in [-0.15, -0.1) is 0 Å². The maximum atomic E-state index is 14.9. The molecule has 0 radical (unpaired) electrons. The molecule has 3 heterocycles. The predicted molar refractivity (Wildman–Crippen MR) is 111 cm³/mol. The molecule has 0 aliphatic heterocycles. The first kappa shape index (κ1) is 21.0. The number of amides is 1. The number of halogens is 1. The third-order valence-corrected chi connectivity index (χ3v) is 5.13. The summed E-state index contributed by atoms with van der Waals surface area (Å²) in [6, 6.07) is 3.48. The average molecular weight is 431 g/mol. The van der Waals surface area contributed by atoms with Crippen LogP contribution in [-0.2, 0) is 16.1 Å². The van der Waals surface area contributed by atoms with Crippen LogP contribution in [0.25, 0.3) is 5.65 Å². The van der Waals surface area contributed by atoms with Crippen molar-refractivity contribution < 1.29 is 18.7 Å². The number of carbonyl (C=O) groups excluding carboxylic acids is 1. The Labute approximate surface area is 178 Å². The number of alkyl carbamates (subject to hydrolysis) is 1. The van der Waals surface area contributed by atoms with Gasteiger partial charge in [-0.3, -0.25) is 9.50 Å². The Kier molecular flexibility index (Phi) is 6.03. The third kappa shape index (κ3) is 4.61. The van der Waals surface area contributed by atoms with E-state index in [1.54, 1.807) is 29.8 Å². The number of ether oxygens (including phenoxy) is 2. The van der Waals surface area contributed by atoms with Crippen LogP contribution in [0.1, 0.15) is 44.0 Å². The summed E-state index contributed by atoms with van der Waals surface area (Å²) in [4.78, 5) is 20.6. The molecule has 3 N–H and O–H groups in total. The summed E-state index contributed by atoms with van der Waals surface area (Å²) < 4.78 is 27.1. The normalized spacial score (nSPS) is 21.0. The summed E-state index contributed by atoms with van der Waals surface area (Å²) in [6.07, 6.45) is 1.81. The van der Waals surface area contributed by atoms with E-state index in [1.165, 1.54) is 0 Å². The van der Waals surface area contributed by atoms with Gasteiger partial charge in [-0.1, -0.05) is 0 Å². The van der Waals surface area contributed by atoms with E-state index in [-0.39, 0.29) is 6.04 Å². The van der Waals surface area contributed by atoms with Crippen LogP contribution in [0.4, 0.5) is 21.0 Å². The van der Waals surface area contributed by atoms with Crippen molar-refractivity contribution in [3.8, 4) is 0 Å². The first-order valence-electron chi connectivity index (χ1n) is 10.2. The number of alkyl halides is 1. The summed E-state index contributed by atoms with van der Waals surface area (Å²) in [6.45, 7) is 4.04. The summed E-state index contributed by atoms with van der Waals surface area (Å²) in [5.74, 6) is 0.608. The van der Waals surface area contributed by atoms with Gasteiger partial charge < -0.3 is 20.1 Å². The van der Waals surface area contributed by atoms with Crippen LogP contribution in [0.2, 0.25) is 0 Å². The van der Waals surface area contributed by atoms with Crippen LogP contribution in [0.15, 0.2) is 24.5 Å². The number of carbonyl (C=O) groups is 1. The Morgan fingerprint density at radius 1 is 1.42 bits per heavy atom. The summed E-state index contributed by atoms with van der Waals surface area (Å²) >= 11 is 0. The number of nitrogens with zero attached hydrogens (tertiary/aromatic N) is 4. The lowest BCUT2D eigenvalue weighted by atomic mass is 10.0. The van der Waals surface area contributed by atoms with Gasteiger partial charge in [0.25, 0.3) is 0 Å². The van der Waals surface area contributed by atoms with E-state index in [0.717, 1.165) is 11.3 Å². The molecule has 3 aromatic heterocycles. The highest BCUT2D eigenvalue weighted by Crippen LogP contribution is 2.38. The summed E-state index contributed by atoms with van der Waals surface area (Å²) in [5.41, 5.74) is 2.14. The average Bonchev–Trinajstić information content (AvgIpc) is 3.41. The third-order valence-electron chi connectivity index (χ3n) is 5.13. The zero-order chi connectivity index (χ0) is 22.0. The highest BCUT2D eigenvalue weighted by molar-refractivity contribution is 5.67. The van der Waals surface area contributed by atoms with Gasteiger partial charge in [0.1, 0.15) is 17.9 Å². The molecule has 0 unspecified atom stereocenters. The van der Waals surface area contributed by atoms with Gasteiger partial charge in [-0.2, -0.15) is 5.10 Å². The molecular weight excluding hydrogens is 405 g/mol. The predicted octanol–water partition coefficient (Wildman–Crippen LogP) is 3.06. The van der Waals surface area contributed by atoms with Crippen LogP contribution in [0.5, 0.6) is 0 Å². The van der Waals surface area contributed by atoms with Crippen molar-refractivity contribution >= 4 is 23.5 Å². The fourth-order valence-electron chi connectivity index (χ4n) is 3.76. The zero-order valence-electron chi connectivity index (χ0n) is 17.6. The van der Waals surface area contributed by atoms with Crippen molar-refractivity contribution in [2.24, 2.45) is 0 Å². The standard InChI is InChI=1S/C20H26FN7O3/c1-11(2)23-20(29)31-15-5-4-13(18(15)21)14-8-16(27-26-14)25-19-22-7-6-17-24-12(10-30-3)9-28(17)19/h6-9,11,13,15,18H,4-5,10H2,1-3H3,(H,23,29)(H2,22,25,26,27)/t13-,15-,18+/m1/s1. The van der Waals surface area contributed by atoms with E-state index in [1.807, 2.05) is 20.0 Å². The molecule has 0 bridgehead atoms. The Morgan fingerprint density at radius 2 is 2.26 bits per heavy atom. The number of hydrogen-bond acceptors (Lipinski definition) is 7. The van der Waals surface area contributed by atoms with Crippen molar-refractivity contribution in [2.45, 2.75) is 57.5 Å². The summed E-state index contributed by atoms with van der Waals surface area (Å²) in [7, 11) is 1.61. The van der Waals surface area contributed by atoms with Gasteiger partial charge in [0.05, 0.1) is 12.3 Å². The fraction of sp³-hybridized carbons (Fsp3) is 0.500. The lowest BCUT2D eigenvalue weighted by Gasteiger charge is -2.18. The maximum Gasteiger partial charge on any atom is 0.407 e. The molecule has 3 aromatic rings. The van der Waals surface area contributed by atoms with Gasteiger partial charge >= 0.3 is 6.09 Å². The van der Waals surface area contributed by atoms with Gasteiger partial charge in [-0.05, 0) is 32.8 Å². The van der Waals surface area contributed by atoms with Crippen molar-refractivity contribution in [3.63, 3.8) is 0 Å². The first-order chi connectivity index (χ1) is 14.9. The second-order valence-corrected chi connectivity index (χ2v) is 7.87. The second kappa shape index (κ2) is 8.88. The lowest BCUT2D eigenvalue weighted by Crippen LogP contribution is -2.36. The number of aromatic nitrogens is 5. The van der Waals surface area contributed by atoms with E-state index in [9.17, 15) is 9.18 Å². The van der Waals surface area contributed by atoms with E-state index in [0.29, 0.717) is 36.9 Å². The molecule has 0 saturated heterocycles. The Balaban J connectivity index is 1.44. The monoisotopic (exact) mass is 431 g/mol. The minimum absolute atomic E-state index is 0.0665. The largest absolute Gasteiger partial charge is 0.443 e. The topological polar surface area (TPSA) is 118 Å². The lowest BCUT2D eigenvalue weighted by molar-refractivity contribution is 0.0555. The molecule has 10 nitrogen and oxygen atoms in total. The fourth-order valence-corrected chi connectivity index (χ4v) is 3.76. The number of H-pyrrole nitrogens is 1. The number of fused-ring (bicyclic) bond motifs is 1. The molecule has 11 heteroatoms. The number of imidazole rings is 1. The molecule has 1 aliphatic rings. The Hall–Kier alpha value is -3.21. The molecule has 0 aromatic carbocycles. The van der Waals surface area contributed by atoms with Crippen LogP contribution < -0.4 is 10.6 Å². The quantitative estimate of drug-likeness (QED) is 0.526. The molecule has 0 spiro atoms. The summed E-state index contributed by atoms with van der Waals surface area (Å²) in [5, 5.41) is 12.9. The van der Waals surface area contributed by atoms with E-state index >= 15 is 0 Å². The highest BCUT2D eigenvalue weighted by atomic mass is 19.1. The van der Waals surface area contributed by atoms with Gasteiger partial charge in [0.2, 0.25) is 5.95 Å². The highest BCUT2D eigenvalue weighted by Gasteiger charge is 2.40. The van der Waals surface area contributed by atoms with Gasteiger partial charge in [0, 0.05) is 43.2 Å². The van der Waals surface area contributed by atoms with Gasteiger partial charge in [0.15, 0.2) is 5.82 Å². The molecular formula is C20H26FN7O3. The number of methoxy groups -OCH3 is 1. The second-order valence-electron chi connectivity index (χ2n) is 7.87. The van der Waals surface area contributed by atoms with Crippen LogP contribution in [0, 0.1) is 0 Å². The SMILES string of the molecule is COCc1cn2c(Nc3cc([C@H]4CC[C@@H](OC(=O)NC(C)C)[C@H]4F)[nH]n3)nccc2n1. The number of aromatic amines is 1. The van der Waals surface area contributed by atoms with E-state index in [2.05, 4.69) is 30.8 Å². The maximum absolute atomic E-state index is 14.9. The Morgan fingerprint density at radius 3 is 3.03 bits per heavy atom. The van der Waals surface area contributed by atoms with Crippen molar-refractivity contribution in [2.75, 3.05) is 12.4 Å². The number of anilines is 2. The molecule has 4 rings (SSSR count). The first-order valence-corrected chi connectivity index (χ1v) is 10.2. The van der Waals surface area contributed by atoms with Crippen LogP contribution in [-0.4, -0.2) is 56.1 Å². The number of nitrogens with one attached hydrogen (secondary N) is 3. The van der Waals surface area contributed by atoms with Crippen LogP contribution >= 0.6 is 0 Å². The molecule has 3 atom stereocenters. The van der Waals surface area contributed by atoms with E-state index < -0.39 is 24.3 Å². The molecule has 1 amide bonds. The molecule has 1 fully saturated rings. The minimum atomic E-state index is -1.31. The van der Waals surface area contributed by atoms with Crippen LogP contribution in [0.3, 0.4) is 0 Å². The number of hydrogen-bond donors (Lipinski definition) is 3. The molecule has 31 heavy (non-hydrogen) atoms. The molecule has 166 valence electrons. The van der Waals surface area contributed by atoms with Crippen molar-refractivity contribution in [1.29, 1.82) is 0 Å². The van der Waals surface area contributed by atoms with E-state index in [4.69, 9.17) is 9.47 Å². The van der Waals surface area contributed by atoms with Crippen molar-refractivity contribution in [1.82, 2.24) is 29.9 Å². The number of rotatable bonds is 7. The smallest absolute Gasteiger partial charge is 0.407 e. The minimum Gasteiger partial charge on any atom is -0.443 e. The van der Waals surface area contributed by atoms with Gasteiger partial charge in [-0.25, -0.2) is 19.2 Å². The van der Waals surface area contributed by atoms with Crippen molar-refractivity contribution in [3.05, 3.63) is 35.9 Å². The molecule has 1 aliphatic carbocycles. The molecule has 1 saturated carbocycles. The Bertz CT molecular complexity index is 1050.